The Hall–Kier alpha value is 0.648. The second-order valence-electron chi connectivity index (χ2n) is 2.78. The minimum absolute atomic E-state index is 0. The molecule has 0 aromatic rings. The quantitative estimate of drug-likeness (QED) is 0.785. The Morgan fingerprint density at radius 3 is 2.20 bits per heavy atom. The Bertz CT molecular complexity index is 64.3. The molecule has 0 radical (unpaired) electrons. The van der Waals surface area contributed by atoms with Crippen molar-refractivity contribution in [3.05, 3.63) is 13.8 Å². The van der Waals surface area contributed by atoms with E-state index in [1.54, 1.807) is 0 Å². The second-order valence-corrected chi connectivity index (χ2v) is 2.78. The van der Waals surface area contributed by atoms with E-state index in [0.29, 0.717) is 11.8 Å². The Kier molecular flexibility index (Phi) is 10.3. The zero-order valence-electron chi connectivity index (χ0n) is 6.68. The third-order valence-electron chi connectivity index (χ3n) is 1.31. The van der Waals surface area contributed by atoms with Crippen LogP contribution in [-0.4, -0.2) is 6.54 Å². The third-order valence-corrected chi connectivity index (χ3v) is 1.31. The smallest absolute Gasteiger partial charge is 0.341 e. The Morgan fingerprint density at radius 2 is 1.90 bits per heavy atom. The number of hydrogen-bond donors (Lipinski definition) is 1. The fourth-order valence-electron chi connectivity index (χ4n) is 0.923. The SMILES string of the molecule is [CH2-][C@H](CCN)C[C@@H]([CH2-])C.[W+2]. The molecule has 0 aromatic heterocycles. The van der Waals surface area contributed by atoms with Gasteiger partial charge < -0.3 is 19.6 Å². The Morgan fingerprint density at radius 1 is 1.40 bits per heavy atom. The van der Waals surface area contributed by atoms with Crippen LogP contribution < -0.4 is 5.73 Å². The van der Waals surface area contributed by atoms with Gasteiger partial charge in [-0.1, -0.05) is 13.3 Å². The number of nitrogens with two attached hydrogens (primary N) is 1. The van der Waals surface area contributed by atoms with Crippen molar-refractivity contribution in [2.45, 2.75) is 19.8 Å². The summed E-state index contributed by atoms with van der Waals surface area (Å²) in [6.07, 6.45) is 2.12. The predicted octanol–water partition coefficient (Wildman–Crippen LogP) is 1.64. The van der Waals surface area contributed by atoms with Crippen LogP contribution in [0.5, 0.6) is 0 Å². The molecule has 2 heteroatoms. The molecule has 0 aliphatic rings. The van der Waals surface area contributed by atoms with Crippen LogP contribution in [0.25, 0.3) is 0 Å². The monoisotopic (exact) mass is 311 g/mol. The minimum Gasteiger partial charge on any atom is -0.341 e. The van der Waals surface area contributed by atoms with Gasteiger partial charge in [0.15, 0.2) is 0 Å². The first-order chi connectivity index (χ1) is 4.16. The summed E-state index contributed by atoms with van der Waals surface area (Å²) in [5.74, 6) is 1.02. The molecular weight excluding hydrogens is 294 g/mol. The summed E-state index contributed by atoms with van der Waals surface area (Å²) >= 11 is 0. The third kappa shape index (κ3) is 8.65. The molecule has 0 aliphatic carbocycles. The van der Waals surface area contributed by atoms with Gasteiger partial charge in [0, 0.05) is 0 Å². The zero-order valence-corrected chi connectivity index (χ0v) is 9.61. The maximum Gasteiger partial charge on any atom is 2.00 e. The Balaban J connectivity index is 0. The maximum atomic E-state index is 5.34. The molecule has 0 spiro atoms. The van der Waals surface area contributed by atoms with Crippen LogP contribution in [0.1, 0.15) is 19.8 Å². The van der Waals surface area contributed by atoms with Crippen molar-refractivity contribution in [3.63, 3.8) is 0 Å². The molecule has 2 N–H and O–H groups in total. The molecule has 0 aromatic carbocycles. The topological polar surface area (TPSA) is 26.0 Å². The summed E-state index contributed by atoms with van der Waals surface area (Å²) < 4.78 is 0. The van der Waals surface area contributed by atoms with Crippen LogP contribution in [0.15, 0.2) is 0 Å². The van der Waals surface area contributed by atoms with Gasteiger partial charge in [0.25, 0.3) is 0 Å². The van der Waals surface area contributed by atoms with Gasteiger partial charge in [0.05, 0.1) is 0 Å². The molecule has 0 rings (SSSR count). The van der Waals surface area contributed by atoms with Gasteiger partial charge in [-0.3, -0.25) is 0 Å². The molecule has 60 valence electrons. The molecular formula is C8H17NW. The number of rotatable bonds is 4. The molecule has 0 saturated carbocycles. The fraction of sp³-hybridized carbons (Fsp3) is 0.750. The standard InChI is InChI=1S/C8H17N.W/c1-7(2)6-8(3)4-5-9;/h7-8H,1,3-6,9H2,2H3;/q-2;+2/t7-,8+;/m0./s1. The van der Waals surface area contributed by atoms with E-state index in [4.69, 9.17) is 5.73 Å². The van der Waals surface area contributed by atoms with Crippen LogP contribution in [0, 0.1) is 25.7 Å². The van der Waals surface area contributed by atoms with E-state index in [0.717, 1.165) is 19.4 Å². The largest absolute Gasteiger partial charge is 2.00 e. The molecule has 0 bridgehead atoms. The number of hydrogen-bond acceptors (Lipinski definition) is 1. The van der Waals surface area contributed by atoms with Crippen molar-refractivity contribution in [1.29, 1.82) is 0 Å². The van der Waals surface area contributed by atoms with Crippen molar-refractivity contribution < 1.29 is 21.1 Å². The van der Waals surface area contributed by atoms with E-state index < -0.39 is 0 Å². The van der Waals surface area contributed by atoms with E-state index in [1.165, 1.54) is 0 Å². The summed E-state index contributed by atoms with van der Waals surface area (Å²) in [5.41, 5.74) is 5.34. The van der Waals surface area contributed by atoms with Crippen LogP contribution in [0.3, 0.4) is 0 Å². The molecule has 1 nitrogen and oxygen atoms in total. The molecule has 2 atom stereocenters. The summed E-state index contributed by atoms with van der Waals surface area (Å²) in [6.45, 7) is 10.7. The van der Waals surface area contributed by atoms with Gasteiger partial charge in [-0.2, -0.15) is 11.8 Å². The molecule has 0 unspecified atom stereocenters. The van der Waals surface area contributed by atoms with Crippen LogP contribution in [-0.2, 0) is 21.1 Å². The summed E-state index contributed by atoms with van der Waals surface area (Å²) in [7, 11) is 0. The van der Waals surface area contributed by atoms with Crippen LogP contribution in [0.4, 0.5) is 0 Å². The predicted molar refractivity (Wildman–Crippen MR) is 41.7 cm³/mol. The molecule has 0 fully saturated rings. The molecule has 0 amide bonds. The fourth-order valence-corrected chi connectivity index (χ4v) is 0.923. The second kappa shape index (κ2) is 7.75. The van der Waals surface area contributed by atoms with E-state index in [-0.39, 0.29) is 21.1 Å². The van der Waals surface area contributed by atoms with E-state index >= 15 is 0 Å². The molecule has 10 heavy (non-hydrogen) atoms. The van der Waals surface area contributed by atoms with Crippen molar-refractivity contribution in [2.75, 3.05) is 6.54 Å². The maximum absolute atomic E-state index is 5.34. The summed E-state index contributed by atoms with van der Waals surface area (Å²) in [4.78, 5) is 0. The Labute approximate surface area is 79.0 Å². The average molecular weight is 311 g/mol. The first-order valence-corrected chi connectivity index (χ1v) is 3.53. The van der Waals surface area contributed by atoms with Crippen molar-refractivity contribution >= 4 is 0 Å². The van der Waals surface area contributed by atoms with Crippen molar-refractivity contribution in [1.82, 2.24) is 0 Å². The van der Waals surface area contributed by atoms with Gasteiger partial charge in [-0.15, -0.1) is 6.42 Å². The average Bonchev–Trinajstić information content (AvgIpc) is 1.63. The molecule has 0 aliphatic heterocycles. The van der Waals surface area contributed by atoms with E-state index in [9.17, 15) is 0 Å². The minimum atomic E-state index is 0. The zero-order chi connectivity index (χ0) is 7.28. The van der Waals surface area contributed by atoms with Gasteiger partial charge in [-0.25, -0.2) is 0 Å². The normalized spacial score (nSPS) is 15.6. The van der Waals surface area contributed by atoms with Gasteiger partial charge >= 0.3 is 21.1 Å². The summed E-state index contributed by atoms with van der Waals surface area (Å²) in [5, 5.41) is 0. The molecule has 0 heterocycles. The first kappa shape index (κ1) is 13.3. The molecule has 0 saturated heterocycles. The van der Waals surface area contributed by atoms with E-state index in [1.807, 2.05) is 0 Å². The van der Waals surface area contributed by atoms with Gasteiger partial charge in [0.1, 0.15) is 0 Å². The van der Waals surface area contributed by atoms with Crippen LogP contribution in [0.2, 0.25) is 0 Å². The van der Waals surface area contributed by atoms with Crippen LogP contribution >= 0.6 is 0 Å². The van der Waals surface area contributed by atoms with Crippen molar-refractivity contribution in [3.8, 4) is 0 Å². The first-order valence-electron chi connectivity index (χ1n) is 3.53. The summed E-state index contributed by atoms with van der Waals surface area (Å²) in [6, 6.07) is 0. The van der Waals surface area contributed by atoms with Gasteiger partial charge in [-0.05, 0) is 6.54 Å². The van der Waals surface area contributed by atoms with Crippen molar-refractivity contribution in [2.24, 2.45) is 17.6 Å². The van der Waals surface area contributed by atoms with E-state index in [2.05, 4.69) is 20.8 Å². The van der Waals surface area contributed by atoms with Gasteiger partial charge in [0.2, 0.25) is 0 Å².